The number of rotatable bonds is 3. The summed E-state index contributed by atoms with van der Waals surface area (Å²) in [6.07, 6.45) is 0. The van der Waals surface area contributed by atoms with E-state index in [0.717, 1.165) is 18.9 Å². The Hall–Kier alpha value is -1.53. The minimum absolute atomic E-state index is 0.402. The van der Waals surface area contributed by atoms with E-state index in [9.17, 15) is 0 Å². The molecule has 3 nitrogen and oxygen atoms in total. The first-order valence-corrected chi connectivity index (χ1v) is 5.08. The monoisotopic (exact) mass is 202 g/mol. The maximum Gasteiger partial charge on any atom is 0.122 e. The molecule has 0 saturated carbocycles. The lowest BCUT2D eigenvalue weighted by Gasteiger charge is -2.16. The Morgan fingerprint density at radius 2 is 2.33 bits per heavy atom. The van der Waals surface area contributed by atoms with Crippen molar-refractivity contribution in [1.82, 2.24) is 4.90 Å². The van der Waals surface area contributed by atoms with Gasteiger partial charge >= 0.3 is 0 Å². The first-order valence-electron chi connectivity index (χ1n) is 5.08. The molecule has 0 aromatic heterocycles. The molecule has 0 bridgehead atoms. The lowest BCUT2D eigenvalue weighted by atomic mass is 10.0. The quantitative estimate of drug-likeness (QED) is 0.699. The zero-order valence-electron chi connectivity index (χ0n) is 8.81. The highest BCUT2D eigenvalue weighted by atomic mass is 16.5. The van der Waals surface area contributed by atoms with Gasteiger partial charge < -0.3 is 4.74 Å². The van der Waals surface area contributed by atoms with Gasteiger partial charge in [0.05, 0.1) is 19.2 Å². The number of nitriles is 1. The molecule has 78 valence electrons. The molecule has 0 saturated heterocycles. The van der Waals surface area contributed by atoms with Crippen molar-refractivity contribution in [3.63, 3.8) is 0 Å². The zero-order chi connectivity index (χ0) is 10.7. The van der Waals surface area contributed by atoms with Crippen LogP contribution < -0.4 is 4.74 Å². The summed E-state index contributed by atoms with van der Waals surface area (Å²) in [6, 6.07) is 10.3. The van der Waals surface area contributed by atoms with E-state index in [4.69, 9.17) is 10.00 Å². The van der Waals surface area contributed by atoms with Crippen molar-refractivity contribution in [3.8, 4) is 11.8 Å². The number of hydrogen-bond donors (Lipinski definition) is 0. The number of ether oxygens (including phenoxy) is 1. The van der Waals surface area contributed by atoms with Gasteiger partial charge in [-0.3, -0.25) is 4.90 Å². The Kier molecular flexibility index (Phi) is 2.89. The molecule has 1 atom stereocenters. The number of likely N-dealkylation sites (N-methyl/N-ethyl adjacent to an activating group) is 1. The number of para-hydroxylation sites is 1. The average molecular weight is 202 g/mol. The van der Waals surface area contributed by atoms with Crippen molar-refractivity contribution < 1.29 is 4.74 Å². The van der Waals surface area contributed by atoms with Gasteiger partial charge in [-0.15, -0.1) is 0 Å². The normalized spacial score (nSPS) is 18.3. The van der Waals surface area contributed by atoms with Crippen molar-refractivity contribution in [1.29, 1.82) is 5.26 Å². The molecule has 1 heterocycles. The first kappa shape index (κ1) is 10.0. The Morgan fingerprint density at radius 3 is 3.13 bits per heavy atom. The van der Waals surface area contributed by atoms with Crippen LogP contribution in [-0.4, -0.2) is 31.6 Å². The lowest BCUT2D eigenvalue weighted by molar-refractivity contribution is 0.281. The molecular weight excluding hydrogens is 188 g/mol. The molecule has 1 aliphatic heterocycles. The lowest BCUT2D eigenvalue weighted by Crippen LogP contribution is -2.25. The Bertz CT molecular complexity index is 383. The third kappa shape index (κ3) is 2.11. The fourth-order valence-electron chi connectivity index (χ4n) is 1.94. The second-order valence-corrected chi connectivity index (χ2v) is 3.90. The average Bonchev–Trinajstić information content (AvgIpc) is 2.62. The summed E-state index contributed by atoms with van der Waals surface area (Å²) < 4.78 is 5.58. The number of nitrogens with zero attached hydrogens (tertiary/aromatic N) is 2. The third-order valence-corrected chi connectivity index (χ3v) is 2.67. The molecular formula is C12H14N2O. The summed E-state index contributed by atoms with van der Waals surface area (Å²) in [5.41, 5.74) is 1.27. The number of fused-ring (bicyclic) bond motifs is 1. The van der Waals surface area contributed by atoms with Crippen LogP contribution in [0.5, 0.6) is 5.75 Å². The summed E-state index contributed by atoms with van der Waals surface area (Å²) in [5.74, 6) is 1.40. The smallest absolute Gasteiger partial charge is 0.122 e. The highest BCUT2D eigenvalue weighted by molar-refractivity contribution is 5.39. The van der Waals surface area contributed by atoms with Crippen LogP contribution in [0.25, 0.3) is 0 Å². The fourth-order valence-corrected chi connectivity index (χ4v) is 1.94. The zero-order valence-corrected chi connectivity index (χ0v) is 8.81. The molecule has 2 rings (SSSR count). The molecule has 0 N–H and O–H groups in total. The molecule has 0 amide bonds. The molecule has 3 heteroatoms. The van der Waals surface area contributed by atoms with Gasteiger partial charge in [-0.25, -0.2) is 0 Å². The van der Waals surface area contributed by atoms with Crippen LogP contribution in [0.1, 0.15) is 11.5 Å². The van der Waals surface area contributed by atoms with E-state index in [1.807, 2.05) is 30.1 Å². The molecule has 1 aromatic rings. The Morgan fingerprint density at radius 1 is 1.53 bits per heavy atom. The summed E-state index contributed by atoms with van der Waals surface area (Å²) in [5, 5.41) is 8.58. The maximum atomic E-state index is 8.58. The van der Waals surface area contributed by atoms with Crippen LogP contribution >= 0.6 is 0 Å². The predicted molar refractivity (Wildman–Crippen MR) is 57.8 cm³/mol. The molecule has 0 fully saturated rings. The Labute approximate surface area is 89.9 Å². The largest absolute Gasteiger partial charge is 0.493 e. The van der Waals surface area contributed by atoms with Crippen molar-refractivity contribution in [2.75, 3.05) is 26.7 Å². The van der Waals surface area contributed by atoms with E-state index in [0.29, 0.717) is 12.5 Å². The summed E-state index contributed by atoms with van der Waals surface area (Å²) in [4.78, 5) is 2.02. The van der Waals surface area contributed by atoms with Crippen LogP contribution in [0.2, 0.25) is 0 Å². The van der Waals surface area contributed by atoms with Gasteiger partial charge in [-0.1, -0.05) is 18.2 Å². The second-order valence-electron chi connectivity index (χ2n) is 3.90. The molecule has 0 radical (unpaired) electrons. The molecule has 0 spiro atoms. The van der Waals surface area contributed by atoms with Gasteiger partial charge in [0, 0.05) is 18.0 Å². The first-order chi connectivity index (χ1) is 7.31. The topological polar surface area (TPSA) is 36.3 Å². The van der Waals surface area contributed by atoms with Crippen LogP contribution in [0.15, 0.2) is 24.3 Å². The van der Waals surface area contributed by atoms with Crippen LogP contribution in [0.3, 0.4) is 0 Å². The van der Waals surface area contributed by atoms with Crippen molar-refractivity contribution in [2.24, 2.45) is 0 Å². The van der Waals surface area contributed by atoms with Crippen LogP contribution in [0.4, 0.5) is 0 Å². The van der Waals surface area contributed by atoms with Crippen LogP contribution in [-0.2, 0) is 0 Å². The van der Waals surface area contributed by atoms with Crippen molar-refractivity contribution >= 4 is 0 Å². The molecule has 1 aromatic carbocycles. The van der Waals surface area contributed by atoms with E-state index < -0.39 is 0 Å². The standard InChI is InChI=1S/C12H14N2O/c1-14(7-6-13)8-10-9-15-12-5-3-2-4-11(10)12/h2-5,10H,7-9H2,1H3. The van der Waals surface area contributed by atoms with E-state index in [-0.39, 0.29) is 0 Å². The second kappa shape index (κ2) is 4.33. The van der Waals surface area contributed by atoms with E-state index >= 15 is 0 Å². The minimum Gasteiger partial charge on any atom is -0.493 e. The molecule has 1 aliphatic rings. The summed E-state index contributed by atoms with van der Waals surface area (Å²) >= 11 is 0. The highest BCUT2D eigenvalue weighted by Crippen LogP contribution is 2.33. The van der Waals surface area contributed by atoms with Gasteiger partial charge in [0.2, 0.25) is 0 Å². The van der Waals surface area contributed by atoms with Gasteiger partial charge in [-0.2, -0.15) is 5.26 Å². The summed E-state index contributed by atoms with van der Waals surface area (Å²) in [7, 11) is 1.96. The molecule has 15 heavy (non-hydrogen) atoms. The Balaban J connectivity index is 2.05. The van der Waals surface area contributed by atoms with E-state index in [2.05, 4.69) is 12.1 Å². The minimum atomic E-state index is 0.402. The molecule has 0 aliphatic carbocycles. The highest BCUT2D eigenvalue weighted by Gasteiger charge is 2.24. The van der Waals surface area contributed by atoms with Gasteiger partial charge in [-0.05, 0) is 13.1 Å². The predicted octanol–water partition coefficient (Wildman–Crippen LogP) is 1.62. The van der Waals surface area contributed by atoms with E-state index in [1.165, 1.54) is 5.56 Å². The van der Waals surface area contributed by atoms with Crippen molar-refractivity contribution in [3.05, 3.63) is 29.8 Å². The van der Waals surface area contributed by atoms with Gasteiger partial charge in [0.1, 0.15) is 5.75 Å². The van der Waals surface area contributed by atoms with Crippen molar-refractivity contribution in [2.45, 2.75) is 5.92 Å². The number of benzene rings is 1. The summed E-state index contributed by atoms with van der Waals surface area (Å²) in [6.45, 7) is 2.08. The number of hydrogen-bond acceptors (Lipinski definition) is 3. The van der Waals surface area contributed by atoms with Crippen LogP contribution in [0, 0.1) is 11.3 Å². The van der Waals surface area contributed by atoms with E-state index in [1.54, 1.807) is 0 Å². The maximum absolute atomic E-state index is 8.58. The fraction of sp³-hybridized carbons (Fsp3) is 0.417. The SMILES string of the molecule is CN(CC#N)CC1COc2ccccc21. The third-order valence-electron chi connectivity index (χ3n) is 2.67. The van der Waals surface area contributed by atoms with Gasteiger partial charge in [0.25, 0.3) is 0 Å². The van der Waals surface area contributed by atoms with Gasteiger partial charge in [0.15, 0.2) is 0 Å². The molecule has 1 unspecified atom stereocenters.